The molecule has 1 heterocycles. The maximum atomic E-state index is 11.2. The number of para-hydroxylation sites is 1. The van der Waals surface area contributed by atoms with Gasteiger partial charge in [-0.3, -0.25) is 4.79 Å². The predicted octanol–water partition coefficient (Wildman–Crippen LogP) is 5.20. The number of carboxylic acids is 1. The van der Waals surface area contributed by atoms with Crippen LogP contribution < -0.4 is 4.90 Å². The fraction of sp³-hybridized carbons (Fsp3) is 0.160. The first-order valence-corrected chi connectivity index (χ1v) is 9.70. The van der Waals surface area contributed by atoms with Gasteiger partial charge in [-0.05, 0) is 53.9 Å². The Morgan fingerprint density at radius 2 is 1.62 bits per heavy atom. The van der Waals surface area contributed by atoms with Crippen LogP contribution in [-0.4, -0.2) is 22.7 Å². The van der Waals surface area contributed by atoms with Gasteiger partial charge in [0.05, 0.1) is 11.9 Å². The summed E-state index contributed by atoms with van der Waals surface area (Å²) in [6, 6.07) is 24.8. The SMILES string of the molecule is Cc1ccccc1CN(C)c1ccc(-n2cc(CC(=O)O)c3ccccc32)cc1. The number of hydrogen-bond acceptors (Lipinski definition) is 2. The highest BCUT2D eigenvalue weighted by molar-refractivity contribution is 5.88. The summed E-state index contributed by atoms with van der Waals surface area (Å²) in [5.74, 6) is -0.818. The molecule has 0 aliphatic rings. The van der Waals surface area contributed by atoms with E-state index in [9.17, 15) is 9.90 Å². The van der Waals surface area contributed by atoms with Crippen molar-refractivity contribution in [1.82, 2.24) is 4.57 Å². The lowest BCUT2D eigenvalue weighted by molar-refractivity contribution is -0.136. The van der Waals surface area contributed by atoms with Gasteiger partial charge in [-0.1, -0.05) is 42.5 Å². The van der Waals surface area contributed by atoms with Crippen molar-refractivity contribution < 1.29 is 9.90 Å². The number of aromatic nitrogens is 1. The van der Waals surface area contributed by atoms with Gasteiger partial charge >= 0.3 is 5.97 Å². The van der Waals surface area contributed by atoms with E-state index < -0.39 is 5.97 Å². The molecule has 0 aliphatic heterocycles. The van der Waals surface area contributed by atoms with Crippen molar-refractivity contribution in [2.45, 2.75) is 19.9 Å². The van der Waals surface area contributed by atoms with Gasteiger partial charge in [0.2, 0.25) is 0 Å². The normalized spacial score (nSPS) is 11.0. The summed E-state index contributed by atoms with van der Waals surface area (Å²) >= 11 is 0. The molecule has 4 nitrogen and oxygen atoms in total. The Morgan fingerprint density at radius 3 is 2.34 bits per heavy atom. The Balaban J connectivity index is 1.63. The number of carboxylic acid groups (broad SMARTS) is 1. The molecule has 4 rings (SSSR count). The summed E-state index contributed by atoms with van der Waals surface area (Å²) in [6.07, 6.45) is 1.95. The lowest BCUT2D eigenvalue weighted by Gasteiger charge is -2.21. The van der Waals surface area contributed by atoms with Crippen LogP contribution in [0, 0.1) is 6.92 Å². The molecule has 29 heavy (non-hydrogen) atoms. The second-order valence-electron chi connectivity index (χ2n) is 7.41. The minimum absolute atomic E-state index is 0.0186. The molecule has 0 fully saturated rings. The molecule has 0 radical (unpaired) electrons. The van der Waals surface area contributed by atoms with Crippen LogP contribution in [0.25, 0.3) is 16.6 Å². The van der Waals surface area contributed by atoms with Gasteiger partial charge < -0.3 is 14.6 Å². The van der Waals surface area contributed by atoms with Crippen molar-refractivity contribution in [2.75, 3.05) is 11.9 Å². The second kappa shape index (κ2) is 7.84. The molecule has 0 bridgehead atoms. The van der Waals surface area contributed by atoms with Crippen LogP contribution in [0.3, 0.4) is 0 Å². The standard InChI is InChI=1S/C25H24N2O2/c1-18-7-3-4-8-19(18)16-26(2)21-11-13-22(14-12-21)27-17-20(15-25(28)29)23-9-5-6-10-24(23)27/h3-14,17H,15-16H2,1-2H3,(H,28,29). The Labute approximate surface area is 170 Å². The van der Waals surface area contributed by atoms with Crippen LogP contribution in [0.4, 0.5) is 5.69 Å². The third-order valence-corrected chi connectivity index (χ3v) is 5.37. The fourth-order valence-corrected chi connectivity index (χ4v) is 3.77. The number of anilines is 1. The lowest BCUT2D eigenvalue weighted by atomic mass is 10.1. The Kier molecular flexibility index (Phi) is 5.09. The molecule has 4 aromatic rings. The van der Waals surface area contributed by atoms with Crippen LogP contribution in [0.15, 0.2) is 79.0 Å². The number of benzene rings is 3. The molecule has 0 amide bonds. The third kappa shape index (κ3) is 3.87. The van der Waals surface area contributed by atoms with Crippen molar-refractivity contribution in [2.24, 2.45) is 0 Å². The summed E-state index contributed by atoms with van der Waals surface area (Å²) < 4.78 is 2.07. The molecule has 0 aliphatic carbocycles. The van der Waals surface area contributed by atoms with Gasteiger partial charge in [0.15, 0.2) is 0 Å². The maximum absolute atomic E-state index is 11.2. The highest BCUT2D eigenvalue weighted by Gasteiger charge is 2.12. The van der Waals surface area contributed by atoms with E-state index in [-0.39, 0.29) is 6.42 Å². The molecule has 0 spiro atoms. The largest absolute Gasteiger partial charge is 0.481 e. The van der Waals surface area contributed by atoms with Crippen LogP contribution >= 0.6 is 0 Å². The number of aryl methyl sites for hydroxylation is 1. The van der Waals surface area contributed by atoms with Crippen LogP contribution in [-0.2, 0) is 17.8 Å². The molecule has 1 aromatic heterocycles. The highest BCUT2D eigenvalue weighted by Crippen LogP contribution is 2.27. The van der Waals surface area contributed by atoms with E-state index in [0.717, 1.165) is 34.4 Å². The van der Waals surface area contributed by atoms with E-state index in [1.165, 1.54) is 11.1 Å². The summed E-state index contributed by atoms with van der Waals surface area (Å²) in [7, 11) is 2.09. The number of hydrogen-bond donors (Lipinski definition) is 1. The van der Waals surface area contributed by atoms with Crippen molar-refractivity contribution >= 4 is 22.6 Å². The zero-order chi connectivity index (χ0) is 20.4. The number of nitrogens with zero attached hydrogens (tertiary/aromatic N) is 2. The van der Waals surface area contributed by atoms with E-state index in [1.54, 1.807) is 0 Å². The number of carbonyl (C=O) groups is 1. The predicted molar refractivity (Wildman–Crippen MR) is 118 cm³/mol. The van der Waals surface area contributed by atoms with E-state index in [0.29, 0.717) is 0 Å². The first kappa shape index (κ1) is 18.8. The average molecular weight is 384 g/mol. The Bertz CT molecular complexity index is 1160. The van der Waals surface area contributed by atoms with E-state index in [4.69, 9.17) is 0 Å². The van der Waals surface area contributed by atoms with Gasteiger partial charge in [0, 0.05) is 36.6 Å². The molecule has 0 atom stereocenters. The van der Waals surface area contributed by atoms with Crippen molar-refractivity contribution in [3.8, 4) is 5.69 Å². The highest BCUT2D eigenvalue weighted by atomic mass is 16.4. The Morgan fingerprint density at radius 1 is 0.931 bits per heavy atom. The summed E-state index contributed by atoms with van der Waals surface area (Å²) in [6.45, 7) is 2.99. The van der Waals surface area contributed by atoms with Crippen molar-refractivity contribution in [3.05, 3.63) is 95.7 Å². The number of aliphatic carboxylic acids is 1. The average Bonchev–Trinajstić information content (AvgIpc) is 3.08. The molecule has 0 unspecified atom stereocenters. The monoisotopic (exact) mass is 384 g/mol. The zero-order valence-electron chi connectivity index (χ0n) is 16.7. The molecule has 146 valence electrons. The van der Waals surface area contributed by atoms with Crippen LogP contribution in [0.1, 0.15) is 16.7 Å². The van der Waals surface area contributed by atoms with Gasteiger partial charge in [-0.25, -0.2) is 0 Å². The summed E-state index contributed by atoms with van der Waals surface area (Å²) in [5, 5.41) is 10.2. The molecule has 3 aromatic carbocycles. The van der Waals surface area contributed by atoms with Crippen LogP contribution in [0.5, 0.6) is 0 Å². The molecule has 1 N–H and O–H groups in total. The van der Waals surface area contributed by atoms with Crippen molar-refractivity contribution in [1.29, 1.82) is 0 Å². The summed E-state index contributed by atoms with van der Waals surface area (Å²) in [4.78, 5) is 13.5. The van der Waals surface area contributed by atoms with Gasteiger partial charge in [-0.2, -0.15) is 0 Å². The van der Waals surface area contributed by atoms with Crippen LogP contribution in [0.2, 0.25) is 0 Å². The molecule has 0 saturated heterocycles. The van der Waals surface area contributed by atoms with Crippen molar-refractivity contribution in [3.63, 3.8) is 0 Å². The number of rotatable bonds is 6. The second-order valence-corrected chi connectivity index (χ2v) is 7.41. The van der Waals surface area contributed by atoms with Gasteiger partial charge in [0.1, 0.15) is 0 Å². The first-order valence-electron chi connectivity index (χ1n) is 9.70. The topological polar surface area (TPSA) is 45.5 Å². The molecular weight excluding hydrogens is 360 g/mol. The Hall–Kier alpha value is -3.53. The maximum Gasteiger partial charge on any atom is 0.307 e. The van der Waals surface area contributed by atoms with E-state index in [2.05, 4.69) is 72.0 Å². The minimum Gasteiger partial charge on any atom is -0.481 e. The quantitative estimate of drug-likeness (QED) is 0.497. The smallest absolute Gasteiger partial charge is 0.307 e. The third-order valence-electron chi connectivity index (χ3n) is 5.37. The molecule has 0 saturated carbocycles. The fourth-order valence-electron chi connectivity index (χ4n) is 3.77. The van der Waals surface area contributed by atoms with E-state index >= 15 is 0 Å². The molecular formula is C25H24N2O2. The molecule has 4 heteroatoms. The summed E-state index contributed by atoms with van der Waals surface area (Å²) in [5.41, 5.74) is 6.61. The number of fused-ring (bicyclic) bond motifs is 1. The lowest BCUT2D eigenvalue weighted by Crippen LogP contribution is -2.16. The first-order chi connectivity index (χ1) is 14.0. The zero-order valence-corrected chi connectivity index (χ0v) is 16.7. The van der Waals surface area contributed by atoms with E-state index in [1.807, 2.05) is 30.5 Å². The minimum atomic E-state index is -0.818. The van der Waals surface area contributed by atoms with Gasteiger partial charge in [-0.15, -0.1) is 0 Å². The van der Waals surface area contributed by atoms with Gasteiger partial charge in [0.25, 0.3) is 0 Å².